The Morgan fingerprint density at radius 1 is 1.45 bits per heavy atom. The molecule has 5 nitrogen and oxygen atoms in total. The SMILES string of the molecule is CCCn1ncnc1COc1ccc([C@H](C)N)cc1F. The molecule has 0 bridgehead atoms. The van der Waals surface area contributed by atoms with Gasteiger partial charge in [-0.25, -0.2) is 14.1 Å². The van der Waals surface area contributed by atoms with Crippen LogP contribution in [-0.2, 0) is 13.2 Å². The topological polar surface area (TPSA) is 66.0 Å². The zero-order valence-corrected chi connectivity index (χ0v) is 11.7. The van der Waals surface area contributed by atoms with Crippen LogP contribution < -0.4 is 10.5 Å². The van der Waals surface area contributed by atoms with Gasteiger partial charge in [0.1, 0.15) is 12.9 Å². The van der Waals surface area contributed by atoms with Crippen molar-refractivity contribution >= 4 is 0 Å². The highest BCUT2D eigenvalue weighted by molar-refractivity contribution is 5.30. The van der Waals surface area contributed by atoms with Gasteiger partial charge in [0.25, 0.3) is 0 Å². The van der Waals surface area contributed by atoms with E-state index in [-0.39, 0.29) is 18.4 Å². The maximum atomic E-state index is 13.9. The van der Waals surface area contributed by atoms with Crippen molar-refractivity contribution in [2.24, 2.45) is 5.73 Å². The van der Waals surface area contributed by atoms with Crippen molar-refractivity contribution in [2.45, 2.75) is 39.5 Å². The standard InChI is InChI=1S/C14H19FN4O/c1-3-6-19-14(17-9-18-19)8-20-13-5-4-11(10(2)16)7-12(13)15/h4-5,7,9-10H,3,6,8,16H2,1-2H3/t10-/m0/s1. The highest BCUT2D eigenvalue weighted by atomic mass is 19.1. The van der Waals surface area contributed by atoms with E-state index in [2.05, 4.69) is 17.0 Å². The van der Waals surface area contributed by atoms with Gasteiger partial charge < -0.3 is 10.5 Å². The van der Waals surface area contributed by atoms with Gasteiger partial charge in [-0.15, -0.1) is 0 Å². The van der Waals surface area contributed by atoms with E-state index in [9.17, 15) is 4.39 Å². The van der Waals surface area contributed by atoms with Crippen molar-refractivity contribution in [3.05, 3.63) is 41.7 Å². The monoisotopic (exact) mass is 278 g/mol. The van der Waals surface area contributed by atoms with Gasteiger partial charge in [-0.2, -0.15) is 5.10 Å². The molecule has 0 aliphatic heterocycles. The van der Waals surface area contributed by atoms with Crippen molar-refractivity contribution in [1.82, 2.24) is 14.8 Å². The number of halogens is 1. The normalized spacial score (nSPS) is 12.4. The Hall–Kier alpha value is -1.95. The Balaban J connectivity index is 2.05. The lowest BCUT2D eigenvalue weighted by atomic mass is 10.1. The van der Waals surface area contributed by atoms with E-state index >= 15 is 0 Å². The average Bonchev–Trinajstić information content (AvgIpc) is 2.85. The van der Waals surface area contributed by atoms with Crippen molar-refractivity contribution in [1.29, 1.82) is 0 Å². The van der Waals surface area contributed by atoms with E-state index < -0.39 is 5.82 Å². The number of aryl methyl sites for hydroxylation is 1. The number of rotatable bonds is 6. The van der Waals surface area contributed by atoms with E-state index in [1.165, 1.54) is 12.4 Å². The molecule has 0 spiro atoms. The molecular weight excluding hydrogens is 259 g/mol. The average molecular weight is 278 g/mol. The van der Waals surface area contributed by atoms with Gasteiger partial charge in [0.05, 0.1) is 0 Å². The van der Waals surface area contributed by atoms with Gasteiger partial charge in [0.2, 0.25) is 0 Å². The van der Waals surface area contributed by atoms with Crippen LogP contribution in [0.25, 0.3) is 0 Å². The first-order valence-electron chi connectivity index (χ1n) is 6.66. The Morgan fingerprint density at radius 2 is 2.25 bits per heavy atom. The summed E-state index contributed by atoms with van der Waals surface area (Å²) >= 11 is 0. The molecule has 1 atom stereocenters. The zero-order chi connectivity index (χ0) is 14.5. The van der Waals surface area contributed by atoms with Crippen LogP contribution in [0.1, 0.15) is 37.7 Å². The zero-order valence-electron chi connectivity index (χ0n) is 11.7. The molecule has 0 unspecified atom stereocenters. The van der Waals surface area contributed by atoms with Gasteiger partial charge in [-0.05, 0) is 31.0 Å². The first kappa shape index (κ1) is 14.5. The van der Waals surface area contributed by atoms with Gasteiger partial charge in [-0.1, -0.05) is 13.0 Å². The van der Waals surface area contributed by atoms with Crippen LogP contribution in [-0.4, -0.2) is 14.8 Å². The molecule has 1 aromatic heterocycles. The number of hydrogen-bond acceptors (Lipinski definition) is 4. The first-order valence-corrected chi connectivity index (χ1v) is 6.66. The second-order valence-electron chi connectivity index (χ2n) is 4.67. The molecule has 2 aromatic rings. The van der Waals surface area contributed by atoms with Crippen molar-refractivity contribution in [2.75, 3.05) is 0 Å². The first-order chi connectivity index (χ1) is 9.61. The highest BCUT2D eigenvalue weighted by Gasteiger charge is 2.09. The summed E-state index contributed by atoms with van der Waals surface area (Å²) in [5, 5.41) is 4.09. The Bertz CT molecular complexity index is 568. The molecule has 0 aliphatic carbocycles. The number of nitrogens with two attached hydrogens (primary N) is 1. The smallest absolute Gasteiger partial charge is 0.165 e. The number of hydrogen-bond donors (Lipinski definition) is 1. The molecule has 0 amide bonds. The number of ether oxygens (including phenoxy) is 1. The predicted molar refractivity (Wildman–Crippen MR) is 73.6 cm³/mol. The summed E-state index contributed by atoms with van der Waals surface area (Å²) in [5.74, 6) is 0.462. The summed E-state index contributed by atoms with van der Waals surface area (Å²) in [7, 11) is 0. The van der Waals surface area contributed by atoms with Crippen LogP contribution in [0.4, 0.5) is 4.39 Å². The minimum absolute atomic E-state index is 0.189. The van der Waals surface area contributed by atoms with Crippen molar-refractivity contribution in [3.8, 4) is 5.75 Å². The summed E-state index contributed by atoms with van der Waals surface area (Å²) in [6, 6.07) is 4.55. The molecule has 2 rings (SSSR count). The third kappa shape index (κ3) is 3.33. The molecule has 0 radical (unpaired) electrons. The maximum absolute atomic E-state index is 13.9. The van der Waals surface area contributed by atoms with Crippen molar-refractivity contribution < 1.29 is 9.13 Å². The van der Waals surface area contributed by atoms with Gasteiger partial charge in [0.15, 0.2) is 17.4 Å². The lowest BCUT2D eigenvalue weighted by Gasteiger charge is -2.10. The van der Waals surface area contributed by atoms with Crippen LogP contribution in [0.5, 0.6) is 5.75 Å². The summed E-state index contributed by atoms with van der Waals surface area (Å²) < 4.78 is 21.1. The lowest BCUT2D eigenvalue weighted by Crippen LogP contribution is -2.09. The fourth-order valence-corrected chi connectivity index (χ4v) is 1.86. The summed E-state index contributed by atoms with van der Waals surface area (Å²) in [4.78, 5) is 4.11. The maximum Gasteiger partial charge on any atom is 0.165 e. The highest BCUT2D eigenvalue weighted by Crippen LogP contribution is 2.21. The van der Waals surface area contributed by atoms with E-state index in [0.29, 0.717) is 5.82 Å². The van der Waals surface area contributed by atoms with Gasteiger partial charge in [-0.3, -0.25) is 0 Å². The summed E-state index contributed by atoms with van der Waals surface area (Å²) in [6.45, 7) is 4.82. The largest absolute Gasteiger partial charge is 0.483 e. The molecule has 1 aromatic carbocycles. The van der Waals surface area contributed by atoms with E-state index in [1.54, 1.807) is 16.8 Å². The summed E-state index contributed by atoms with van der Waals surface area (Å²) in [5.41, 5.74) is 6.45. The molecule has 108 valence electrons. The molecular formula is C14H19FN4O. The van der Waals surface area contributed by atoms with E-state index in [1.807, 2.05) is 6.92 Å². The van der Waals surface area contributed by atoms with E-state index in [4.69, 9.17) is 10.5 Å². The number of nitrogens with zero attached hydrogens (tertiary/aromatic N) is 3. The number of benzene rings is 1. The minimum atomic E-state index is -0.415. The molecule has 0 saturated carbocycles. The Labute approximate surface area is 117 Å². The molecule has 20 heavy (non-hydrogen) atoms. The number of aromatic nitrogens is 3. The van der Waals surface area contributed by atoms with Crippen LogP contribution >= 0.6 is 0 Å². The predicted octanol–water partition coefficient (Wildman–Crippen LogP) is 2.43. The fourth-order valence-electron chi connectivity index (χ4n) is 1.86. The molecule has 0 aliphatic rings. The van der Waals surface area contributed by atoms with Gasteiger partial charge in [0, 0.05) is 12.6 Å². The van der Waals surface area contributed by atoms with Crippen LogP contribution in [0.3, 0.4) is 0 Å². The second kappa shape index (κ2) is 6.47. The Kier molecular flexibility index (Phi) is 4.68. The minimum Gasteiger partial charge on any atom is -0.483 e. The fraction of sp³-hybridized carbons (Fsp3) is 0.429. The van der Waals surface area contributed by atoms with Crippen LogP contribution in [0.15, 0.2) is 24.5 Å². The third-order valence-electron chi connectivity index (χ3n) is 2.97. The Morgan fingerprint density at radius 3 is 2.90 bits per heavy atom. The van der Waals surface area contributed by atoms with E-state index in [0.717, 1.165) is 18.5 Å². The summed E-state index contributed by atoms with van der Waals surface area (Å²) in [6.07, 6.45) is 2.43. The van der Waals surface area contributed by atoms with Crippen LogP contribution in [0, 0.1) is 5.82 Å². The molecule has 0 fully saturated rings. The lowest BCUT2D eigenvalue weighted by molar-refractivity contribution is 0.272. The molecule has 2 N–H and O–H groups in total. The molecule has 6 heteroatoms. The molecule has 0 saturated heterocycles. The second-order valence-corrected chi connectivity index (χ2v) is 4.67. The van der Waals surface area contributed by atoms with Crippen LogP contribution in [0.2, 0.25) is 0 Å². The quantitative estimate of drug-likeness (QED) is 0.881. The molecule has 1 heterocycles. The van der Waals surface area contributed by atoms with Crippen molar-refractivity contribution in [3.63, 3.8) is 0 Å². The third-order valence-corrected chi connectivity index (χ3v) is 2.97. The van der Waals surface area contributed by atoms with Gasteiger partial charge >= 0.3 is 0 Å².